The van der Waals surface area contributed by atoms with Crippen LogP contribution in [0.2, 0.25) is 5.02 Å². The van der Waals surface area contributed by atoms with E-state index in [0.29, 0.717) is 11.4 Å². The first-order valence-electron chi connectivity index (χ1n) is 10.1. The van der Waals surface area contributed by atoms with Crippen molar-refractivity contribution in [2.24, 2.45) is 0 Å². The van der Waals surface area contributed by atoms with Crippen molar-refractivity contribution in [3.63, 3.8) is 0 Å². The van der Waals surface area contributed by atoms with Gasteiger partial charge in [0.25, 0.3) is 5.91 Å². The number of hydrogen-bond acceptors (Lipinski definition) is 9. The Hall–Kier alpha value is -4.00. The van der Waals surface area contributed by atoms with Crippen molar-refractivity contribution in [2.45, 2.75) is 27.3 Å². The second-order valence-corrected chi connectivity index (χ2v) is 7.62. The maximum absolute atomic E-state index is 12.2. The van der Waals surface area contributed by atoms with E-state index in [0.717, 1.165) is 11.1 Å². The number of aryl methyl sites for hydroxylation is 1. The molecule has 2 N–H and O–H groups in total. The van der Waals surface area contributed by atoms with E-state index in [4.69, 9.17) is 20.9 Å². The molecule has 13 nitrogen and oxygen atoms in total. The molecule has 0 aliphatic rings. The SMILES string of the molecule is Cc1cccc(OCC(=O)NCCNC(=O)c2nc(Cn3nc([N+](=O)[O-])c(Cl)c3C)no2)c1C. The molecule has 34 heavy (non-hydrogen) atoms. The maximum atomic E-state index is 12.2. The summed E-state index contributed by atoms with van der Waals surface area (Å²) in [6, 6.07) is 5.60. The molecule has 1 aromatic carbocycles. The van der Waals surface area contributed by atoms with E-state index in [9.17, 15) is 19.7 Å². The predicted molar refractivity (Wildman–Crippen MR) is 119 cm³/mol. The number of halogens is 1. The predicted octanol–water partition coefficient (Wildman–Crippen LogP) is 1.73. The third-order valence-electron chi connectivity index (χ3n) is 4.89. The minimum absolute atomic E-state index is 0.0767. The largest absolute Gasteiger partial charge is 0.483 e. The van der Waals surface area contributed by atoms with Gasteiger partial charge < -0.3 is 30.0 Å². The third-order valence-corrected chi connectivity index (χ3v) is 5.33. The molecule has 180 valence electrons. The lowest BCUT2D eigenvalue weighted by Gasteiger charge is -2.11. The molecular formula is C20H22ClN7O6. The van der Waals surface area contributed by atoms with Crippen LogP contribution in [-0.4, -0.2) is 56.4 Å². The van der Waals surface area contributed by atoms with E-state index in [-0.39, 0.29) is 48.9 Å². The molecule has 0 spiro atoms. The molecule has 0 unspecified atom stereocenters. The summed E-state index contributed by atoms with van der Waals surface area (Å²) >= 11 is 5.90. The Morgan fingerprint density at radius 1 is 1.24 bits per heavy atom. The fourth-order valence-corrected chi connectivity index (χ4v) is 3.06. The summed E-state index contributed by atoms with van der Waals surface area (Å²) in [5, 5.41) is 23.5. The molecular weight excluding hydrogens is 470 g/mol. The Kier molecular flexibility index (Phi) is 7.79. The highest BCUT2D eigenvalue weighted by Crippen LogP contribution is 2.26. The monoisotopic (exact) mass is 491 g/mol. The zero-order valence-corrected chi connectivity index (χ0v) is 19.4. The number of nitrogens with one attached hydrogen (secondary N) is 2. The standard InChI is InChI=1S/C20H22ClN7O6/c1-11-5-4-6-14(12(11)2)33-10-16(29)22-7-8-23-19(30)20-24-15(26-34-20)9-27-13(3)17(21)18(25-27)28(31)32/h4-6H,7-10H2,1-3H3,(H,22,29)(H,23,30). The van der Waals surface area contributed by atoms with Gasteiger partial charge in [0.05, 0.1) is 10.8 Å². The minimum Gasteiger partial charge on any atom is -0.483 e. The van der Waals surface area contributed by atoms with Crippen LogP contribution in [0.4, 0.5) is 5.82 Å². The maximum Gasteiger partial charge on any atom is 0.408 e. The van der Waals surface area contributed by atoms with Gasteiger partial charge >= 0.3 is 17.6 Å². The third kappa shape index (κ3) is 5.86. The Morgan fingerprint density at radius 2 is 1.97 bits per heavy atom. The van der Waals surface area contributed by atoms with Crippen LogP contribution in [0.3, 0.4) is 0 Å². The van der Waals surface area contributed by atoms with Gasteiger partial charge in [-0.05, 0) is 42.9 Å². The van der Waals surface area contributed by atoms with Gasteiger partial charge in [-0.15, -0.1) is 0 Å². The summed E-state index contributed by atoms with van der Waals surface area (Å²) in [4.78, 5) is 38.3. The second-order valence-electron chi connectivity index (χ2n) is 7.25. The van der Waals surface area contributed by atoms with Gasteiger partial charge in [0.1, 0.15) is 12.3 Å². The lowest BCUT2D eigenvalue weighted by Crippen LogP contribution is -2.36. The van der Waals surface area contributed by atoms with Crippen LogP contribution in [0.25, 0.3) is 0 Å². The Bertz CT molecular complexity index is 1220. The highest BCUT2D eigenvalue weighted by molar-refractivity contribution is 6.33. The lowest BCUT2D eigenvalue weighted by atomic mass is 10.1. The van der Waals surface area contributed by atoms with Gasteiger partial charge in [-0.2, -0.15) is 9.67 Å². The Balaban J connectivity index is 1.43. The number of nitrogens with zero attached hydrogens (tertiary/aromatic N) is 5. The number of rotatable bonds is 10. The van der Waals surface area contributed by atoms with Crippen molar-refractivity contribution in [3.05, 3.63) is 61.9 Å². The lowest BCUT2D eigenvalue weighted by molar-refractivity contribution is -0.389. The summed E-state index contributed by atoms with van der Waals surface area (Å²) in [5.74, 6) is -1.04. The Labute approximate surface area is 198 Å². The number of carbonyl (C=O) groups is 2. The average molecular weight is 492 g/mol. The Morgan fingerprint density at radius 3 is 2.68 bits per heavy atom. The molecule has 0 aliphatic heterocycles. The van der Waals surface area contributed by atoms with Gasteiger partial charge in [0, 0.05) is 13.1 Å². The quantitative estimate of drug-likeness (QED) is 0.243. The molecule has 14 heteroatoms. The van der Waals surface area contributed by atoms with E-state index < -0.39 is 16.6 Å². The first-order chi connectivity index (χ1) is 16.2. The number of amides is 2. The van der Waals surface area contributed by atoms with Crippen LogP contribution in [0.5, 0.6) is 5.75 Å². The molecule has 0 bridgehead atoms. The van der Waals surface area contributed by atoms with Crippen molar-refractivity contribution in [1.29, 1.82) is 0 Å². The summed E-state index contributed by atoms with van der Waals surface area (Å²) in [6.45, 7) is 5.47. The van der Waals surface area contributed by atoms with Crippen LogP contribution < -0.4 is 15.4 Å². The first-order valence-corrected chi connectivity index (χ1v) is 10.5. The normalized spacial score (nSPS) is 10.7. The molecule has 0 saturated heterocycles. The van der Waals surface area contributed by atoms with Crippen molar-refractivity contribution in [1.82, 2.24) is 30.6 Å². The van der Waals surface area contributed by atoms with Gasteiger partial charge in [-0.1, -0.05) is 28.9 Å². The molecule has 2 amide bonds. The number of nitro groups is 1. The van der Waals surface area contributed by atoms with Crippen LogP contribution in [0.1, 0.15) is 33.3 Å². The number of hydrogen-bond donors (Lipinski definition) is 2. The van der Waals surface area contributed by atoms with Crippen molar-refractivity contribution >= 4 is 29.2 Å². The summed E-state index contributed by atoms with van der Waals surface area (Å²) in [5.41, 5.74) is 2.38. The van der Waals surface area contributed by atoms with Crippen LogP contribution >= 0.6 is 11.6 Å². The fourth-order valence-electron chi connectivity index (χ4n) is 2.85. The van der Waals surface area contributed by atoms with E-state index >= 15 is 0 Å². The molecule has 3 rings (SSSR count). The molecule has 0 fully saturated rings. The second kappa shape index (κ2) is 10.7. The highest BCUT2D eigenvalue weighted by Gasteiger charge is 2.25. The molecule has 3 aromatic rings. The zero-order valence-electron chi connectivity index (χ0n) is 18.6. The smallest absolute Gasteiger partial charge is 0.408 e. The van der Waals surface area contributed by atoms with E-state index in [1.54, 1.807) is 13.0 Å². The zero-order chi connectivity index (χ0) is 24.8. The van der Waals surface area contributed by atoms with E-state index in [1.165, 1.54) is 4.68 Å². The number of benzene rings is 1. The van der Waals surface area contributed by atoms with Crippen molar-refractivity contribution in [2.75, 3.05) is 19.7 Å². The summed E-state index contributed by atoms with van der Waals surface area (Å²) in [6.07, 6.45) is 0. The van der Waals surface area contributed by atoms with Gasteiger partial charge in [0.2, 0.25) is 0 Å². The summed E-state index contributed by atoms with van der Waals surface area (Å²) in [7, 11) is 0. The topological polar surface area (TPSA) is 167 Å². The number of ether oxygens (including phenoxy) is 1. The molecule has 0 atom stereocenters. The fraction of sp³-hybridized carbons (Fsp3) is 0.350. The molecule has 0 saturated carbocycles. The molecule has 0 aliphatic carbocycles. The minimum atomic E-state index is -0.699. The molecule has 2 heterocycles. The number of carbonyl (C=O) groups excluding carboxylic acids is 2. The van der Waals surface area contributed by atoms with Crippen molar-refractivity contribution in [3.8, 4) is 5.75 Å². The van der Waals surface area contributed by atoms with E-state index in [1.807, 2.05) is 26.0 Å². The molecule has 0 radical (unpaired) electrons. The van der Waals surface area contributed by atoms with Gasteiger partial charge in [0.15, 0.2) is 17.5 Å². The highest BCUT2D eigenvalue weighted by atomic mass is 35.5. The van der Waals surface area contributed by atoms with Crippen LogP contribution in [0.15, 0.2) is 22.7 Å². The average Bonchev–Trinajstić information content (AvgIpc) is 3.38. The first kappa shape index (κ1) is 24.6. The summed E-state index contributed by atoms with van der Waals surface area (Å²) < 4.78 is 11.7. The molecule has 2 aromatic heterocycles. The van der Waals surface area contributed by atoms with Crippen molar-refractivity contribution < 1.29 is 23.8 Å². The van der Waals surface area contributed by atoms with Gasteiger partial charge in [-0.3, -0.25) is 9.59 Å². The van der Waals surface area contributed by atoms with Crippen LogP contribution in [-0.2, 0) is 11.3 Å². The number of aromatic nitrogens is 4. The van der Waals surface area contributed by atoms with E-state index in [2.05, 4.69) is 25.9 Å². The van der Waals surface area contributed by atoms with Crippen LogP contribution in [0, 0.1) is 30.9 Å². The van der Waals surface area contributed by atoms with Gasteiger partial charge in [-0.25, -0.2) is 0 Å².